The molecule has 0 amide bonds. The number of ether oxygens (including phenoxy) is 1. The van der Waals surface area contributed by atoms with E-state index in [4.69, 9.17) is 4.74 Å². The van der Waals surface area contributed by atoms with Gasteiger partial charge in [0.1, 0.15) is 6.61 Å². The standard InChI is InChI=1S/C15H16O2/c1-11-10-17-14(16)15(11)8-7-13(9-15)12-5-3-2-4-6-12/h2-6,13H,1,7-10H2. The van der Waals surface area contributed by atoms with Crippen LogP contribution in [0.5, 0.6) is 0 Å². The molecular formula is C15H16O2. The van der Waals surface area contributed by atoms with Crippen molar-refractivity contribution in [2.45, 2.75) is 25.2 Å². The maximum Gasteiger partial charge on any atom is 0.316 e. The fourth-order valence-corrected chi connectivity index (χ4v) is 3.13. The van der Waals surface area contributed by atoms with E-state index in [0.717, 1.165) is 24.8 Å². The molecule has 1 aromatic carbocycles. The van der Waals surface area contributed by atoms with Crippen LogP contribution < -0.4 is 0 Å². The molecule has 2 fully saturated rings. The van der Waals surface area contributed by atoms with Crippen molar-refractivity contribution in [2.24, 2.45) is 5.41 Å². The molecule has 1 saturated heterocycles. The summed E-state index contributed by atoms with van der Waals surface area (Å²) >= 11 is 0. The fraction of sp³-hybridized carbons (Fsp3) is 0.400. The average Bonchev–Trinajstić information content (AvgIpc) is 2.92. The molecule has 1 saturated carbocycles. The van der Waals surface area contributed by atoms with Crippen molar-refractivity contribution < 1.29 is 9.53 Å². The first-order chi connectivity index (χ1) is 8.22. The lowest BCUT2D eigenvalue weighted by Gasteiger charge is -2.19. The number of hydrogen-bond acceptors (Lipinski definition) is 2. The van der Waals surface area contributed by atoms with Gasteiger partial charge in [-0.3, -0.25) is 4.79 Å². The molecule has 2 nitrogen and oxygen atoms in total. The monoisotopic (exact) mass is 228 g/mol. The molecule has 2 aliphatic rings. The molecule has 3 rings (SSSR count). The Kier molecular flexibility index (Phi) is 2.32. The van der Waals surface area contributed by atoms with Gasteiger partial charge in [-0.25, -0.2) is 0 Å². The van der Waals surface area contributed by atoms with Gasteiger partial charge in [-0.05, 0) is 36.3 Å². The molecule has 0 bridgehead atoms. The van der Waals surface area contributed by atoms with E-state index in [-0.39, 0.29) is 11.4 Å². The summed E-state index contributed by atoms with van der Waals surface area (Å²) in [7, 11) is 0. The SMILES string of the molecule is C=C1COC(=O)C12CCC(c1ccccc1)C2. The number of carbonyl (C=O) groups is 1. The Morgan fingerprint density at radius 2 is 2.06 bits per heavy atom. The Bertz CT molecular complexity index is 445. The van der Waals surface area contributed by atoms with Gasteiger partial charge in [0.25, 0.3) is 0 Å². The second-order valence-electron chi connectivity index (χ2n) is 5.11. The van der Waals surface area contributed by atoms with Crippen molar-refractivity contribution in [1.29, 1.82) is 0 Å². The maximum absolute atomic E-state index is 11.9. The van der Waals surface area contributed by atoms with Crippen molar-refractivity contribution in [1.82, 2.24) is 0 Å². The van der Waals surface area contributed by atoms with Gasteiger partial charge in [-0.2, -0.15) is 0 Å². The summed E-state index contributed by atoms with van der Waals surface area (Å²) < 4.78 is 5.15. The molecule has 0 N–H and O–H groups in total. The van der Waals surface area contributed by atoms with Gasteiger partial charge in [-0.15, -0.1) is 0 Å². The largest absolute Gasteiger partial charge is 0.460 e. The van der Waals surface area contributed by atoms with E-state index in [1.807, 2.05) is 6.07 Å². The molecule has 1 heterocycles. The Morgan fingerprint density at radius 3 is 2.71 bits per heavy atom. The van der Waals surface area contributed by atoms with E-state index in [9.17, 15) is 4.79 Å². The Hall–Kier alpha value is -1.57. The van der Waals surface area contributed by atoms with E-state index >= 15 is 0 Å². The van der Waals surface area contributed by atoms with E-state index in [1.165, 1.54) is 5.56 Å². The minimum atomic E-state index is -0.374. The van der Waals surface area contributed by atoms with Crippen molar-refractivity contribution in [2.75, 3.05) is 6.61 Å². The first-order valence-corrected chi connectivity index (χ1v) is 6.13. The summed E-state index contributed by atoms with van der Waals surface area (Å²) in [5.74, 6) is 0.416. The van der Waals surface area contributed by atoms with Gasteiger partial charge in [0.15, 0.2) is 0 Å². The first-order valence-electron chi connectivity index (χ1n) is 6.13. The summed E-state index contributed by atoms with van der Waals surface area (Å²) in [6, 6.07) is 10.4. The molecule has 1 aromatic rings. The second-order valence-corrected chi connectivity index (χ2v) is 5.11. The third-order valence-corrected chi connectivity index (χ3v) is 4.23. The molecule has 0 aromatic heterocycles. The van der Waals surface area contributed by atoms with Crippen molar-refractivity contribution in [3.05, 3.63) is 48.0 Å². The number of cyclic esters (lactones) is 1. The highest BCUT2D eigenvalue weighted by Gasteiger charge is 2.52. The number of benzene rings is 1. The van der Waals surface area contributed by atoms with Gasteiger partial charge in [0.05, 0.1) is 5.41 Å². The molecular weight excluding hydrogens is 212 g/mol. The van der Waals surface area contributed by atoms with Crippen LogP contribution in [-0.2, 0) is 9.53 Å². The molecule has 2 atom stereocenters. The number of esters is 1. The lowest BCUT2D eigenvalue weighted by atomic mass is 9.80. The normalized spacial score (nSPS) is 32.1. The number of rotatable bonds is 1. The summed E-state index contributed by atoms with van der Waals surface area (Å²) in [6.07, 6.45) is 2.82. The third kappa shape index (κ3) is 1.51. The molecule has 2 unspecified atom stereocenters. The van der Waals surface area contributed by atoms with Crippen LogP contribution in [-0.4, -0.2) is 12.6 Å². The van der Waals surface area contributed by atoms with Crippen LogP contribution >= 0.6 is 0 Å². The second kappa shape index (κ2) is 3.73. The molecule has 88 valence electrons. The fourth-order valence-electron chi connectivity index (χ4n) is 3.13. The van der Waals surface area contributed by atoms with Gasteiger partial charge >= 0.3 is 5.97 Å². The molecule has 17 heavy (non-hydrogen) atoms. The Labute approximate surface area is 101 Å². The summed E-state index contributed by atoms with van der Waals surface area (Å²) in [6.45, 7) is 4.44. The van der Waals surface area contributed by atoms with E-state index in [1.54, 1.807) is 0 Å². The highest BCUT2D eigenvalue weighted by molar-refractivity contribution is 5.84. The van der Waals surface area contributed by atoms with E-state index < -0.39 is 0 Å². The van der Waals surface area contributed by atoms with Crippen molar-refractivity contribution in [3.63, 3.8) is 0 Å². The van der Waals surface area contributed by atoms with Crippen LogP contribution in [0.25, 0.3) is 0 Å². The van der Waals surface area contributed by atoms with Crippen LogP contribution in [0.3, 0.4) is 0 Å². The summed E-state index contributed by atoms with van der Waals surface area (Å²) in [5.41, 5.74) is 1.93. The lowest BCUT2D eigenvalue weighted by molar-refractivity contribution is -0.145. The minimum absolute atomic E-state index is 0.0547. The van der Waals surface area contributed by atoms with Crippen LogP contribution in [0.2, 0.25) is 0 Å². The van der Waals surface area contributed by atoms with E-state index in [2.05, 4.69) is 30.8 Å². The molecule has 2 heteroatoms. The molecule has 0 radical (unpaired) electrons. The van der Waals surface area contributed by atoms with Gasteiger partial charge in [0.2, 0.25) is 0 Å². The topological polar surface area (TPSA) is 26.3 Å². The molecule has 1 aliphatic heterocycles. The minimum Gasteiger partial charge on any atom is -0.460 e. The summed E-state index contributed by atoms with van der Waals surface area (Å²) in [4.78, 5) is 11.9. The van der Waals surface area contributed by atoms with Crippen molar-refractivity contribution in [3.8, 4) is 0 Å². The van der Waals surface area contributed by atoms with Crippen LogP contribution in [0, 0.1) is 5.41 Å². The summed E-state index contributed by atoms with van der Waals surface area (Å²) in [5, 5.41) is 0. The van der Waals surface area contributed by atoms with Gasteiger partial charge in [0, 0.05) is 0 Å². The van der Waals surface area contributed by atoms with Gasteiger partial charge < -0.3 is 4.74 Å². The highest BCUT2D eigenvalue weighted by atomic mass is 16.5. The average molecular weight is 228 g/mol. The van der Waals surface area contributed by atoms with Crippen LogP contribution in [0.4, 0.5) is 0 Å². The quantitative estimate of drug-likeness (QED) is 0.545. The zero-order chi connectivity index (χ0) is 11.9. The van der Waals surface area contributed by atoms with Crippen LogP contribution in [0.15, 0.2) is 42.5 Å². The predicted octanol–water partition coefficient (Wildman–Crippen LogP) is 3.05. The van der Waals surface area contributed by atoms with E-state index in [0.29, 0.717) is 12.5 Å². The highest BCUT2D eigenvalue weighted by Crippen LogP contribution is 2.53. The van der Waals surface area contributed by atoms with Crippen molar-refractivity contribution >= 4 is 5.97 Å². The molecule has 1 spiro atoms. The van der Waals surface area contributed by atoms with Crippen LogP contribution in [0.1, 0.15) is 30.7 Å². The predicted molar refractivity (Wildman–Crippen MR) is 65.6 cm³/mol. The number of carbonyl (C=O) groups excluding carboxylic acids is 1. The first kappa shape index (κ1) is 10.6. The zero-order valence-corrected chi connectivity index (χ0v) is 9.82. The maximum atomic E-state index is 11.9. The Morgan fingerprint density at radius 1 is 1.29 bits per heavy atom. The molecule has 1 aliphatic carbocycles. The Balaban J connectivity index is 1.87. The third-order valence-electron chi connectivity index (χ3n) is 4.23. The lowest BCUT2D eigenvalue weighted by Crippen LogP contribution is -2.24. The van der Waals surface area contributed by atoms with Gasteiger partial charge in [-0.1, -0.05) is 36.9 Å². The smallest absolute Gasteiger partial charge is 0.316 e. The zero-order valence-electron chi connectivity index (χ0n) is 9.82. The number of hydrogen-bond donors (Lipinski definition) is 0.